The van der Waals surface area contributed by atoms with Crippen LogP contribution in [0, 0.1) is 0 Å². The molecule has 2 amide bonds. The van der Waals surface area contributed by atoms with Gasteiger partial charge in [0.2, 0.25) is 5.91 Å². The molecule has 0 aromatic heterocycles. The molecule has 2 heterocycles. The molecule has 0 unspecified atom stereocenters. The van der Waals surface area contributed by atoms with E-state index in [9.17, 15) is 9.59 Å². The summed E-state index contributed by atoms with van der Waals surface area (Å²) in [5.74, 6) is 0.974. The lowest BCUT2D eigenvalue weighted by molar-refractivity contribution is -0.133. The van der Waals surface area contributed by atoms with E-state index in [0.717, 1.165) is 37.2 Å². The second kappa shape index (κ2) is 6.60. The zero-order valence-electron chi connectivity index (χ0n) is 13.9. The molecule has 1 atom stereocenters. The minimum atomic E-state index is 0.0348. The van der Waals surface area contributed by atoms with Crippen molar-refractivity contribution in [3.05, 3.63) is 29.3 Å². The first-order valence-corrected chi connectivity index (χ1v) is 8.44. The lowest BCUT2D eigenvalue weighted by Gasteiger charge is -2.26. The number of fused-ring (bicyclic) bond motifs is 1. The highest BCUT2D eigenvalue weighted by Gasteiger charge is 2.26. The summed E-state index contributed by atoms with van der Waals surface area (Å²) in [4.78, 5) is 28.5. The Hall–Kier alpha value is -2.04. The predicted molar refractivity (Wildman–Crippen MR) is 87.4 cm³/mol. The van der Waals surface area contributed by atoms with E-state index in [0.29, 0.717) is 25.1 Å². The van der Waals surface area contributed by atoms with Gasteiger partial charge < -0.3 is 14.5 Å². The lowest BCUT2D eigenvalue weighted by atomic mass is 10.1. The maximum Gasteiger partial charge on any atom is 0.253 e. The van der Waals surface area contributed by atoms with E-state index >= 15 is 0 Å². The molecular weight excluding hydrogens is 292 g/mol. The van der Waals surface area contributed by atoms with Crippen molar-refractivity contribution >= 4 is 11.8 Å². The highest BCUT2D eigenvalue weighted by molar-refractivity contribution is 5.94. The van der Waals surface area contributed by atoms with Gasteiger partial charge in [0, 0.05) is 37.2 Å². The van der Waals surface area contributed by atoms with Crippen LogP contribution in [0.4, 0.5) is 0 Å². The first-order valence-electron chi connectivity index (χ1n) is 8.44. The summed E-state index contributed by atoms with van der Waals surface area (Å²) in [5.41, 5.74) is 1.61. The Morgan fingerprint density at radius 1 is 1.26 bits per heavy atom. The average Bonchev–Trinajstić information content (AvgIpc) is 3.05. The number of ether oxygens (including phenoxy) is 1. The van der Waals surface area contributed by atoms with Gasteiger partial charge in [0.1, 0.15) is 12.4 Å². The monoisotopic (exact) mass is 316 g/mol. The van der Waals surface area contributed by atoms with Crippen LogP contribution < -0.4 is 4.74 Å². The second-order valence-electron chi connectivity index (χ2n) is 6.36. The SMILES string of the molecule is CCC(=O)N1Cc2cc(C(=O)N3CCCC3)ccc2OC[C@@H]1C. The number of carbonyl (C=O) groups excluding carboxylic acids is 2. The van der Waals surface area contributed by atoms with E-state index in [1.165, 1.54) is 0 Å². The van der Waals surface area contributed by atoms with Gasteiger partial charge in [-0.2, -0.15) is 0 Å². The molecule has 2 aliphatic rings. The summed E-state index contributed by atoms with van der Waals surface area (Å²) in [7, 11) is 0. The Bertz CT molecular complexity index is 608. The third-order valence-corrected chi connectivity index (χ3v) is 4.68. The largest absolute Gasteiger partial charge is 0.491 e. The van der Waals surface area contributed by atoms with Gasteiger partial charge in [-0.3, -0.25) is 9.59 Å². The molecule has 5 heteroatoms. The zero-order chi connectivity index (χ0) is 16.4. The number of amides is 2. The molecule has 0 spiro atoms. The van der Waals surface area contributed by atoms with E-state index in [-0.39, 0.29) is 17.9 Å². The summed E-state index contributed by atoms with van der Waals surface area (Å²) in [6.45, 7) is 6.53. The van der Waals surface area contributed by atoms with E-state index in [1.54, 1.807) is 0 Å². The molecule has 1 aromatic rings. The molecule has 0 N–H and O–H groups in total. The molecule has 0 aliphatic carbocycles. The second-order valence-corrected chi connectivity index (χ2v) is 6.36. The van der Waals surface area contributed by atoms with Crippen molar-refractivity contribution in [1.82, 2.24) is 9.80 Å². The van der Waals surface area contributed by atoms with E-state index in [1.807, 2.05) is 41.8 Å². The lowest BCUT2D eigenvalue weighted by Crippen LogP contribution is -2.39. The van der Waals surface area contributed by atoms with Gasteiger partial charge >= 0.3 is 0 Å². The molecular formula is C18H24N2O3. The first-order chi connectivity index (χ1) is 11.1. The van der Waals surface area contributed by atoms with Gasteiger partial charge in [-0.05, 0) is 38.0 Å². The highest BCUT2D eigenvalue weighted by Crippen LogP contribution is 2.27. The number of likely N-dealkylation sites (tertiary alicyclic amines) is 1. The first kappa shape index (κ1) is 15.8. The van der Waals surface area contributed by atoms with Crippen LogP contribution in [0.5, 0.6) is 5.75 Å². The van der Waals surface area contributed by atoms with Gasteiger partial charge in [-0.25, -0.2) is 0 Å². The summed E-state index contributed by atoms with van der Waals surface area (Å²) in [5, 5.41) is 0. The highest BCUT2D eigenvalue weighted by atomic mass is 16.5. The van der Waals surface area contributed by atoms with Crippen molar-refractivity contribution in [2.45, 2.75) is 45.7 Å². The number of hydrogen-bond donors (Lipinski definition) is 0. The number of carbonyl (C=O) groups is 2. The third-order valence-electron chi connectivity index (χ3n) is 4.68. The number of hydrogen-bond acceptors (Lipinski definition) is 3. The van der Waals surface area contributed by atoms with Crippen LogP contribution in [-0.4, -0.2) is 47.4 Å². The van der Waals surface area contributed by atoms with Gasteiger partial charge in [-0.15, -0.1) is 0 Å². The number of benzene rings is 1. The smallest absolute Gasteiger partial charge is 0.253 e. The minimum Gasteiger partial charge on any atom is -0.491 e. The van der Waals surface area contributed by atoms with Crippen LogP contribution in [-0.2, 0) is 11.3 Å². The van der Waals surface area contributed by atoms with Gasteiger partial charge in [0.15, 0.2) is 0 Å². The quantitative estimate of drug-likeness (QED) is 0.842. The number of nitrogens with zero attached hydrogens (tertiary/aromatic N) is 2. The van der Waals surface area contributed by atoms with Gasteiger partial charge in [0.25, 0.3) is 5.91 Å². The fourth-order valence-corrected chi connectivity index (χ4v) is 3.26. The fourth-order valence-electron chi connectivity index (χ4n) is 3.26. The summed E-state index contributed by atoms with van der Waals surface area (Å²) < 4.78 is 5.83. The van der Waals surface area contributed by atoms with Crippen molar-refractivity contribution in [2.24, 2.45) is 0 Å². The summed E-state index contributed by atoms with van der Waals surface area (Å²) in [6.07, 6.45) is 2.64. The molecule has 1 fully saturated rings. The third kappa shape index (κ3) is 3.19. The molecule has 2 aliphatic heterocycles. The molecule has 124 valence electrons. The van der Waals surface area contributed by atoms with E-state index in [4.69, 9.17) is 4.74 Å². The van der Waals surface area contributed by atoms with Crippen LogP contribution in [0.15, 0.2) is 18.2 Å². The Morgan fingerprint density at radius 3 is 2.70 bits per heavy atom. The van der Waals surface area contributed by atoms with E-state index < -0.39 is 0 Å². The van der Waals surface area contributed by atoms with Crippen molar-refractivity contribution < 1.29 is 14.3 Å². The van der Waals surface area contributed by atoms with Crippen molar-refractivity contribution in [3.63, 3.8) is 0 Å². The zero-order valence-corrected chi connectivity index (χ0v) is 13.9. The van der Waals surface area contributed by atoms with Crippen molar-refractivity contribution in [2.75, 3.05) is 19.7 Å². The molecule has 5 nitrogen and oxygen atoms in total. The van der Waals surface area contributed by atoms with Crippen molar-refractivity contribution in [3.8, 4) is 5.75 Å². The molecule has 0 radical (unpaired) electrons. The minimum absolute atomic E-state index is 0.0348. The molecule has 23 heavy (non-hydrogen) atoms. The Morgan fingerprint density at radius 2 is 2.00 bits per heavy atom. The average molecular weight is 316 g/mol. The number of rotatable bonds is 2. The van der Waals surface area contributed by atoms with Gasteiger partial charge in [-0.1, -0.05) is 6.92 Å². The fraction of sp³-hybridized carbons (Fsp3) is 0.556. The van der Waals surface area contributed by atoms with Crippen LogP contribution >= 0.6 is 0 Å². The molecule has 3 rings (SSSR count). The normalized spacial score (nSPS) is 20.7. The van der Waals surface area contributed by atoms with Crippen LogP contribution in [0.25, 0.3) is 0 Å². The van der Waals surface area contributed by atoms with Crippen LogP contribution in [0.1, 0.15) is 49.0 Å². The summed E-state index contributed by atoms with van der Waals surface area (Å²) in [6, 6.07) is 5.63. The van der Waals surface area contributed by atoms with Crippen LogP contribution in [0.2, 0.25) is 0 Å². The summed E-state index contributed by atoms with van der Waals surface area (Å²) >= 11 is 0. The van der Waals surface area contributed by atoms with Crippen molar-refractivity contribution in [1.29, 1.82) is 0 Å². The predicted octanol–water partition coefficient (Wildman–Crippen LogP) is 2.44. The molecule has 0 bridgehead atoms. The maximum atomic E-state index is 12.6. The Labute approximate surface area is 137 Å². The topological polar surface area (TPSA) is 49.9 Å². The molecule has 1 aromatic carbocycles. The van der Waals surface area contributed by atoms with Gasteiger partial charge in [0.05, 0.1) is 6.04 Å². The standard InChI is InChI=1S/C18H24N2O3/c1-3-17(21)20-11-15-10-14(18(22)19-8-4-5-9-19)6-7-16(15)23-12-13(20)2/h6-7,10,13H,3-5,8-9,11-12H2,1-2H3/t13-/m0/s1. The molecule has 1 saturated heterocycles. The molecule has 0 saturated carbocycles. The Kier molecular flexibility index (Phi) is 4.55. The Balaban J connectivity index is 1.86. The maximum absolute atomic E-state index is 12.6. The van der Waals surface area contributed by atoms with Crippen LogP contribution in [0.3, 0.4) is 0 Å². The van der Waals surface area contributed by atoms with E-state index in [2.05, 4.69) is 0 Å².